The normalized spacial score (nSPS) is 14.9. The number of phosphoric ester groups is 1. The Morgan fingerprint density at radius 1 is 0.766 bits per heavy atom. The zero-order valence-electron chi connectivity index (χ0n) is 31.7. The van der Waals surface area contributed by atoms with Crippen molar-refractivity contribution in [3.8, 4) is 0 Å². The molecule has 0 saturated carbocycles. The maximum atomic E-state index is 12.8. The number of allylic oxidation sites excluding steroid dienone is 1. The summed E-state index contributed by atoms with van der Waals surface area (Å²) >= 11 is 0. The molecule has 1 unspecified atom stereocenters. The highest BCUT2D eigenvalue weighted by molar-refractivity contribution is 7.47. The second kappa shape index (κ2) is 30.1. The van der Waals surface area contributed by atoms with Crippen molar-refractivity contribution in [2.45, 2.75) is 181 Å². The Balaban J connectivity index is 4.53. The van der Waals surface area contributed by atoms with Gasteiger partial charge in [0, 0.05) is 6.42 Å². The molecule has 0 aromatic carbocycles. The first-order valence-electron chi connectivity index (χ1n) is 19.4. The van der Waals surface area contributed by atoms with Crippen molar-refractivity contribution < 1.29 is 32.9 Å². The van der Waals surface area contributed by atoms with E-state index in [1.807, 2.05) is 27.2 Å². The molecule has 0 bridgehead atoms. The highest BCUT2D eigenvalue weighted by Gasteiger charge is 2.27. The van der Waals surface area contributed by atoms with Crippen LogP contribution in [0.2, 0.25) is 0 Å². The number of aliphatic hydroxyl groups excluding tert-OH is 1. The fraction of sp³-hybridized carbons (Fsp3) is 0.921. The molecule has 0 heterocycles. The van der Waals surface area contributed by atoms with Gasteiger partial charge in [0.05, 0.1) is 39.9 Å². The summed E-state index contributed by atoms with van der Waals surface area (Å²) in [6.07, 6.45) is 29.9. The van der Waals surface area contributed by atoms with Crippen molar-refractivity contribution in [1.29, 1.82) is 0 Å². The van der Waals surface area contributed by atoms with Gasteiger partial charge in [-0.15, -0.1) is 0 Å². The Labute approximate surface area is 291 Å². The Bertz CT molecular complexity index is 802. The molecule has 0 saturated heterocycles. The van der Waals surface area contributed by atoms with Gasteiger partial charge in [-0.1, -0.05) is 155 Å². The number of aliphatic hydroxyl groups is 1. The number of likely N-dealkylation sites (N-methyl/N-ethyl adjacent to an activating group) is 1. The number of hydrogen-bond acceptors (Lipinski definition) is 5. The van der Waals surface area contributed by atoms with Gasteiger partial charge in [-0.2, -0.15) is 0 Å². The van der Waals surface area contributed by atoms with Crippen molar-refractivity contribution in [3.05, 3.63) is 12.2 Å². The summed E-state index contributed by atoms with van der Waals surface area (Å²) in [5, 5.41) is 13.7. The molecule has 0 fully saturated rings. The number of amides is 1. The van der Waals surface area contributed by atoms with Gasteiger partial charge in [0.15, 0.2) is 0 Å². The summed E-state index contributed by atoms with van der Waals surface area (Å²) in [5.74, 6) is 0.612. The van der Waals surface area contributed by atoms with E-state index in [2.05, 4.69) is 26.1 Å². The van der Waals surface area contributed by atoms with Crippen LogP contribution in [0.4, 0.5) is 0 Å². The molecule has 8 nitrogen and oxygen atoms in total. The van der Waals surface area contributed by atoms with Gasteiger partial charge in [0.2, 0.25) is 5.91 Å². The molecule has 0 aliphatic heterocycles. The summed E-state index contributed by atoms with van der Waals surface area (Å²) in [4.78, 5) is 23.0. The SMILES string of the molecule is CCCCCCCCCCCCCCCC(=O)N[C@@H](COP(=O)(O)OCC[N+](C)(C)C)[C@H](O)/C=C/CCCCCCCCCC(C)C. The number of rotatable bonds is 34. The number of nitrogens with zero attached hydrogens (tertiary/aromatic N) is 1. The van der Waals surface area contributed by atoms with Crippen molar-refractivity contribution in [2.24, 2.45) is 5.92 Å². The monoisotopic (exact) mass is 690 g/mol. The number of nitrogens with one attached hydrogen (secondary N) is 1. The molecule has 1 amide bonds. The van der Waals surface area contributed by atoms with Crippen LogP contribution in [0, 0.1) is 5.92 Å². The second-order valence-electron chi connectivity index (χ2n) is 15.1. The number of carbonyl (C=O) groups excluding carboxylic acids is 1. The average molecular weight is 690 g/mol. The lowest BCUT2D eigenvalue weighted by molar-refractivity contribution is -0.870. The van der Waals surface area contributed by atoms with Crippen LogP contribution in [-0.4, -0.2) is 73.4 Å². The predicted octanol–water partition coefficient (Wildman–Crippen LogP) is 9.88. The Morgan fingerprint density at radius 3 is 1.77 bits per heavy atom. The zero-order valence-corrected chi connectivity index (χ0v) is 32.6. The molecule has 0 aromatic heterocycles. The first-order chi connectivity index (χ1) is 22.4. The van der Waals surface area contributed by atoms with Crippen molar-refractivity contribution in [2.75, 3.05) is 40.9 Å². The molecule has 280 valence electrons. The van der Waals surface area contributed by atoms with Gasteiger partial charge in [0.25, 0.3) is 0 Å². The molecule has 0 rings (SSSR count). The summed E-state index contributed by atoms with van der Waals surface area (Å²) in [5.41, 5.74) is 0. The highest BCUT2D eigenvalue weighted by atomic mass is 31.2. The van der Waals surface area contributed by atoms with Crippen molar-refractivity contribution in [1.82, 2.24) is 5.32 Å². The molecule has 3 N–H and O–H groups in total. The van der Waals surface area contributed by atoms with E-state index in [0.29, 0.717) is 17.4 Å². The van der Waals surface area contributed by atoms with E-state index in [-0.39, 0.29) is 19.1 Å². The Kier molecular flexibility index (Phi) is 29.6. The molecule has 9 heteroatoms. The van der Waals surface area contributed by atoms with Crippen molar-refractivity contribution >= 4 is 13.7 Å². The molecule has 0 aliphatic carbocycles. The predicted molar refractivity (Wildman–Crippen MR) is 198 cm³/mol. The lowest BCUT2D eigenvalue weighted by atomic mass is 10.0. The standard InChI is InChI=1S/C38H77N2O6P/c1-7-8-9-10-11-12-13-14-15-19-22-25-28-31-38(42)39-36(34-46-47(43,44)45-33-32-40(4,5)6)37(41)30-27-24-21-18-16-17-20-23-26-29-35(2)3/h27,30,35-37,41H,7-26,28-29,31-34H2,1-6H3,(H-,39,42,43,44)/p+1/b30-27+/t36-,37+/m0/s1. The lowest BCUT2D eigenvalue weighted by Crippen LogP contribution is -2.45. The average Bonchev–Trinajstić information content (AvgIpc) is 2.99. The van der Waals surface area contributed by atoms with Crippen LogP contribution in [0.3, 0.4) is 0 Å². The minimum absolute atomic E-state index is 0.0632. The van der Waals surface area contributed by atoms with E-state index in [1.54, 1.807) is 6.08 Å². The molecular formula is C38H78N2O6P+. The van der Waals surface area contributed by atoms with Crippen molar-refractivity contribution in [3.63, 3.8) is 0 Å². The van der Waals surface area contributed by atoms with Crippen LogP contribution < -0.4 is 5.32 Å². The summed E-state index contributed by atoms with van der Waals surface area (Å²) < 4.78 is 23.4. The summed E-state index contributed by atoms with van der Waals surface area (Å²) in [6, 6.07) is -0.839. The fourth-order valence-electron chi connectivity index (χ4n) is 5.52. The zero-order chi connectivity index (χ0) is 35.2. The Morgan fingerprint density at radius 2 is 1.26 bits per heavy atom. The van der Waals surface area contributed by atoms with Crippen LogP contribution in [0.5, 0.6) is 0 Å². The quantitative estimate of drug-likeness (QED) is 0.0269. The lowest BCUT2D eigenvalue weighted by Gasteiger charge is -2.25. The van der Waals surface area contributed by atoms with Gasteiger partial charge in [-0.25, -0.2) is 4.57 Å². The summed E-state index contributed by atoms with van der Waals surface area (Å²) in [7, 11) is 1.57. The number of carbonyl (C=O) groups is 1. The molecule has 0 aliphatic rings. The third kappa shape index (κ3) is 33.5. The van der Waals surface area contributed by atoms with Crippen LogP contribution >= 0.6 is 7.82 Å². The van der Waals surface area contributed by atoms with E-state index in [1.165, 1.54) is 103 Å². The van der Waals surface area contributed by atoms with Crippen LogP contribution in [-0.2, 0) is 18.4 Å². The maximum Gasteiger partial charge on any atom is 0.472 e. The third-order valence-corrected chi connectivity index (χ3v) is 9.67. The van der Waals surface area contributed by atoms with E-state index in [9.17, 15) is 19.4 Å². The number of unbranched alkanes of at least 4 members (excludes halogenated alkanes) is 19. The molecule has 47 heavy (non-hydrogen) atoms. The van der Waals surface area contributed by atoms with E-state index in [0.717, 1.165) is 44.4 Å². The molecule has 0 aromatic rings. The van der Waals surface area contributed by atoms with Crippen LogP contribution in [0.1, 0.15) is 168 Å². The van der Waals surface area contributed by atoms with E-state index in [4.69, 9.17) is 9.05 Å². The maximum absolute atomic E-state index is 12.8. The smallest absolute Gasteiger partial charge is 0.387 e. The first-order valence-corrected chi connectivity index (χ1v) is 20.9. The topological polar surface area (TPSA) is 105 Å². The van der Waals surface area contributed by atoms with Gasteiger partial charge in [-0.3, -0.25) is 13.8 Å². The van der Waals surface area contributed by atoms with Gasteiger partial charge in [0.1, 0.15) is 13.2 Å². The third-order valence-electron chi connectivity index (χ3n) is 8.69. The number of hydrogen-bond donors (Lipinski definition) is 3. The van der Waals surface area contributed by atoms with E-state index >= 15 is 0 Å². The minimum atomic E-state index is -4.32. The molecule has 0 spiro atoms. The minimum Gasteiger partial charge on any atom is -0.387 e. The van der Waals surface area contributed by atoms with E-state index < -0.39 is 20.0 Å². The van der Waals surface area contributed by atoms with Gasteiger partial charge in [-0.05, 0) is 25.2 Å². The largest absolute Gasteiger partial charge is 0.472 e. The Hall–Kier alpha value is -0.760. The molecular weight excluding hydrogens is 611 g/mol. The fourth-order valence-corrected chi connectivity index (χ4v) is 6.25. The summed E-state index contributed by atoms with van der Waals surface area (Å²) in [6.45, 7) is 7.10. The van der Waals surface area contributed by atoms with Gasteiger partial charge < -0.3 is 19.8 Å². The first kappa shape index (κ1) is 46.2. The second-order valence-corrected chi connectivity index (χ2v) is 16.6. The highest BCUT2D eigenvalue weighted by Crippen LogP contribution is 2.43. The molecule has 3 atom stereocenters. The number of quaternary nitrogens is 1. The van der Waals surface area contributed by atoms with Crippen LogP contribution in [0.25, 0.3) is 0 Å². The van der Waals surface area contributed by atoms with Gasteiger partial charge >= 0.3 is 7.82 Å². The van der Waals surface area contributed by atoms with Crippen LogP contribution in [0.15, 0.2) is 12.2 Å². The molecule has 0 radical (unpaired) electrons. The number of phosphoric acid groups is 1.